The van der Waals surface area contributed by atoms with Crippen molar-refractivity contribution in [2.24, 2.45) is 5.11 Å². The number of hydrogen-bond acceptors (Lipinski definition) is 3. The molecular formula is C10H14N4O. The first-order chi connectivity index (χ1) is 6.95. The molecular weight excluding hydrogens is 192 g/mol. The topological polar surface area (TPSA) is 72.2 Å². The van der Waals surface area contributed by atoms with E-state index in [1.807, 2.05) is 20.8 Å². The maximum Gasteiger partial charge on any atom is 0.0644 e. The predicted octanol–water partition coefficient (Wildman–Crippen LogP) is 3.62. The Morgan fingerprint density at radius 3 is 2.60 bits per heavy atom. The molecule has 80 valence electrons. The first kappa shape index (κ1) is 11.4. The van der Waals surface area contributed by atoms with E-state index in [4.69, 9.17) is 5.53 Å². The summed E-state index contributed by atoms with van der Waals surface area (Å²) in [5.74, 6) is 0. The molecule has 0 saturated heterocycles. The average molecular weight is 206 g/mol. The third-order valence-corrected chi connectivity index (χ3v) is 1.87. The van der Waals surface area contributed by atoms with Gasteiger partial charge < -0.3 is 0 Å². The number of rotatable bonds is 2. The summed E-state index contributed by atoms with van der Waals surface area (Å²) in [5, 5.41) is 14.5. The Kier molecular flexibility index (Phi) is 3.19. The molecule has 5 heteroatoms. The number of anilines is 1. The lowest BCUT2D eigenvalue weighted by atomic mass is 10.1. The van der Waals surface area contributed by atoms with Gasteiger partial charge in [-0.3, -0.25) is 10.3 Å². The van der Waals surface area contributed by atoms with E-state index in [2.05, 4.69) is 10.0 Å². The maximum atomic E-state index is 9.85. The molecule has 0 aliphatic rings. The van der Waals surface area contributed by atoms with Crippen LogP contribution < -0.4 is 5.06 Å². The predicted molar refractivity (Wildman–Crippen MR) is 59.3 cm³/mol. The van der Waals surface area contributed by atoms with E-state index in [9.17, 15) is 5.21 Å². The van der Waals surface area contributed by atoms with Gasteiger partial charge in [0.2, 0.25) is 0 Å². The third-order valence-electron chi connectivity index (χ3n) is 1.87. The van der Waals surface area contributed by atoms with E-state index in [1.165, 1.54) is 0 Å². The summed E-state index contributed by atoms with van der Waals surface area (Å²) in [4.78, 5) is 2.69. The first-order valence-electron chi connectivity index (χ1n) is 4.59. The van der Waals surface area contributed by atoms with E-state index in [1.54, 1.807) is 24.3 Å². The molecule has 0 aliphatic carbocycles. The molecule has 0 spiro atoms. The minimum Gasteiger partial charge on any atom is -0.288 e. The highest BCUT2D eigenvalue weighted by atomic mass is 16.5. The number of nitrogens with zero attached hydrogens (tertiary/aromatic N) is 4. The number of azide groups is 1. The van der Waals surface area contributed by atoms with E-state index < -0.39 is 5.54 Å². The van der Waals surface area contributed by atoms with Crippen LogP contribution in [0.3, 0.4) is 0 Å². The fourth-order valence-corrected chi connectivity index (χ4v) is 1.13. The second-order valence-corrected chi connectivity index (χ2v) is 4.19. The van der Waals surface area contributed by atoms with Crippen molar-refractivity contribution in [1.29, 1.82) is 0 Å². The van der Waals surface area contributed by atoms with Crippen LogP contribution in [0.15, 0.2) is 29.4 Å². The van der Waals surface area contributed by atoms with Gasteiger partial charge in [-0.05, 0) is 38.4 Å². The summed E-state index contributed by atoms with van der Waals surface area (Å²) < 4.78 is 0. The highest BCUT2D eigenvalue weighted by Crippen LogP contribution is 2.25. The zero-order valence-electron chi connectivity index (χ0n) is 9.05. The van der Waals surface area contributed by atoms with Crippen LogP contribution in [0.25, 0.3) is 10.4 Å². The summed E-state index contributed by atoms with van der Waals surface area (Å²) in [6.45, 7) is 5.65. The minimum absolute atomic E-state index is 0.394. The van der Waals surface area contributed by atoms with Gasteiger partial charge in [-0.1, -0.05) is 17.2 Å². The molecule has 1 aromatic rings. The van der Waals surface area contributed by atoms with Gasteiger partial charge >= 0.3 is 0 Å². The molecule has 0 aliphatic heterocycles. The van der Waals surface area contributed by atoms with Crippen molar-refractivity contribution in [3.63, 3.8) is 0 Å². The summed E-state index contributed by atoms with van der Waals surface area (Å²) in [7, 11) is 0. The van der Waals surface area contributed by atoms with Gasteiger partial charge in [-0.2, -0.15) is 0 Å². The molecule has 0 bridgehead atoms. The van der Waals surface area contributed by atoms with Crippen molar-refractivity contribution < 1.29 is 5.21 Å². The monoisotopic (exact) mass is 206 g/mol. The number of hydroxylamine groups is 1. The van der Waals surface area contributed by atoms with Gasteiger partial charge in [0.05, 0.1) is 11.2 Å². The molecule has 0 heterocycles. The Morgan fingerprint density at radius 2 is 2.07 bits per heavy atom. The molecule has 1 aromatic carbocycles. The van der Waals surface area contributed by atoms with Crippen molar-refractivity contribution >= 4 is 11.4 Å². The molecule has 15 heavy (non-hydrogen) atoms. The van der Waals surface area contributed by atoms with Crippen molar-refractivity contribution in [3.8, 4) is 0 Å². The summed E-state index contributed by atoms with van der Waals surface area (Å²) in [6, 6.07) is 6.79. The highest BCUT2D eigenvalue weighted by molar-refractivity contribution is 5.54. The van der Waals surface area contributed by atoms with E-state index >= 15 is 0 Å². The Hall–Kier alpha value is -1.71. The molecule has 5 nitrogen and oxygen atoms in total. The van der Waals surface area contributed by atoms with Crippen LogP contribution in [0.4, 0.5) is 11.4 Å². The summed E-state index contributed by atoms with van der Waals surface area (Å²) in [5.41, 5.74) is 8.99. The van der Waals surface area contributed by atoms with E-state index in [0.29, 0.717) is 11.4 Å². The SMILES string of the molecule is CC(C)(C)N(O)c1cccc(N=[N+]=[N-])c1. The van der Waals surface area contributed by atoms with Gasteiger partial charge in [0, 0.05) is 10.6 Å². The third kappa shape index (κ3) is 2.87. The molecule has 1 N–H and O–H groups in total. The molecule has 0 radical (unpaired) electrons. The summed E-state index contributed by atoms with van der Waals surface area (Å²) >= 11 is 0. The smallest absolute Gasteiger partial charge is 0.0644 e. The van der Waals surface area contributed by atoms with Crippen molar-refractivity contribution in [1.82, 2.24) is 0 Å². The standard InChI is InChI=1S/C10H14N4O/c1-10(2,3)14(15)9-6-4-5-8(7-9)12-13-11/h4-7,15H,1-3H3. The molecule has 0 aromatic heterocycles. The first-order valence-corrected chi connectivity index (χ1v) is 4.59. The zero-order valence-corrected chi connectivity index (χ0v) is 9.05. The van der Waals surface area contributed by atoms with Gasteiger partial charge in [0.25, 0.3) is 0 Å². The van der Waals surface area contributed by atoms with Gasteiger partial charge in [0.1, 0.15) is 0 Å². The van der Waals surface area contributed by atoms with Crippen LogP contribution >= 0.6 is 0 Å². The Morgan fingerprint density at radius 1 is 1.40 bits per heavy atom. The lowest BCUT2D eigenvalue weighted by molar-refractivity contribution is 0.181. The second-order valence-electron chi connectivity index (χ2n) is 4.19. The fraction of sp³-hybridized carbons (Fsp3) is 0.400. The van der Waals surface area contributed by atoms with E-state index in [-0.39, 0.29) is 0 Å². The van der Waals surface area contributed by atoms with Crippen molar-refractivity contribution in [2.45, 2.75) is 26.3 Å². The van der Waals surface area contributed by atoms with Crippen molar-refractivity contribution in [3.05, 3.63) is 34.7 Å². The number of hydrogen-bond donors (Lipinski definition) is 1. The fourth-order valence-electron chi connectivity index (χ4n) is 1.13. The normalized spacial score (nSPS) is 10.7. The Bertz CT molecular complexity index is 391. The van der Waals surface area contributed by atoms with Crippen LogP contribution in [0.5, 0.6) is 0 Å². The molecule has 0 atom stereocenters. The second kappa shape index (κ2) is 4.21. The molecule has 0 amide bonds. The minimum atomic E-state index is -0.394. The van der Waals surface area contributed by atoms with Crippen LogP contribution in [0, 0.1) is 0 Å². The lowest BCUT2D eigenvalue weighted by Crippen LogP contribution is -2.38. The van der Waals surface area contributed by atoms with Crippen molar-refractivity contribution in [2.75, 3.05) is 5.06 Å². The van der Waals surface area contributed by atoms with Crippen LogP contribution in [0.2, 0.25) is 0 Å². The molecule has 1 rings (SSSR count). The van der Waals surface area contributed by atoms with Gasteiger partial charge in [-0.25, -0.2) is 0 Å². The molecule has 0 saturated carbocycles. The van der Waals surface area contributed by atoms with Crippen LogP contribution in [0.1, 0.15) is 20.8 Å². The zero-order chi connectivity index (χ0) is 11.5. The number of benzene rings is 1. The molecule has 0 fully saturated rings. The molecule has 0 unspecified atom stereocenters. The summed E-state index contributed by atoms with van der Waals surface area (Å²) in [6.07, 6.45) is 0. The Balaban J connectivity index is 3.05. The van der Waals surface area contributed by atoms with Gasteiger partial charge in [0.15, 0.2) is 0 Å². The largest absolute Gasteiger partial charge is 0.288 e. The van der Waals surface area contributed by atoms with Gasteiger partial charge in [-0.15, -0.1) is 0 Å². The van der Waals surface area contributed by atoms with E-state index in [0.717, 1.165) is 5.06 Å². The maximum absolute atomic E-state index is 9.85. The highest BCUT2D eigenvalue weighted by Gasteiger charge is 2.19. The average Bonchev–Trinajstić information content (AvgIpc) is 2.16. The quantitative estimate of drug-likeness (QED) is 0.347. The van der Waals surface area contributed by atoms with Crippen LogP contribution in [-0.2, 0) is 0 Å². The Labute approximate surface area is 88.5 Å². The lowest BCUT2D eigenvalue weighted by Gasteiger charge is -2.31. The van der Waals surface area contributed by atoms with Crippen LogP contribution in [-0.4, -0.2) is 10.7 Å².